The van der Waals surface area contributed by atoms with Crippen LogP contribution in [0, 0.1) is 5.92 Å². The van der Waals surface area contributed by atoms with Crippen molar-refractivity contribution in [3.63, 3.8) is 0 Å². The largest absolute Gasteiger partial charge is 0.481 e. The lowest BCUT2D eigenvalue weighted by atomic mass is 9.95. The Balaban J connectivity index is 2.44. The number of rotatable bonds is 5. The molecule has 1 aliphatic rings. The van der Waals surface area contributed by atoms with Gasteiger partial charge in [-0.15, -0.1) is 0 Å². The first-order valence-corrected chi connectivity index (χ1v) is 6.97. The van der Waals surface area contributed by atoms with Crippen LogP contribution in [0.1, 0.15) is 39.0 Å². The summed E-state index contributed by atoms with van der Waals surface area (Å²) < 4.78 is 4.69. The summed E-state index contributed by atoms with van der Waals surface area (Å²) in [5.41, 5.74) is 0. The van der Waals surface area contributed by atoms with E-state index < -0.39 is 29.9 Å². The molecule has 114 valence electrons. The Hall–Kier alpha value is -1.79. The lowest BCUT2D eigenvalue weighted by molar-refractivity contribution is -0.143. The minimum absolute atomic E-state index is 0.218. The number of urea groups is 1. The van der Waals surface area contributed by atoms with Gasteiger partial charge in [0.1, 0.15) is 6.54 Å². The quantitative estimate of drug-likeness (QED) is 0.514. The Kier molecular flexibility index (Phi) is 6.83. The maximum Gasteiger partial charge on any atom is 0.325 e. The first-order chi connectivity index (χ1) is 9.54. The highest BCUT2D eigenvalue weighted by molar-refractivity contribution is 5.81. The number of aliphatic carboxylic acids is 1. The monoisotopic (exact) mass is 286 g/mol. The molecule has 3 N–H and O–H groups in total. The molecule has 1 fully saturated rings. The molecule has 0 aliphatic heterocycles. The first-order valence-electron chi connectivity index (χ1n) is 6.97. The molecular formula is C13H22N2O5. The first kappa shape index (κ1) is 16.3. The van der Waals surface area contributed by atoms with Crippen LogP contribution in [0.15, 0.2) is 0 Å². The van der Waals surface area contributed by atoms with Gasteiger partial charge in [-0.2, -0.15) is 0 Å². The summed E-state index contributed by atoms with van der Waals surface area (Å²) in [4.78, 5) is 34.0. The zero-order valence-corrected chi connectivity index (χ0v) is 11.7. The van der Waals surface area contributed by atoms with Crippen molar-refractivity contribution in [2.24, 2.45) is 5.92 Å². The third-order valence-electron chi connectivity index (χ3n) is 3.35. The number of carboxylic acid groups (broad SMARTS) is 1. The van der Waals surface area contributed by atoms with Crippen molar-refractivity contribution in [1.29, 1.82) is 0 Å². The van der Waals surface area contributed by atoms with Crippen molar-refractivity contribution >= 4 is 18.0 Å². The fourth-order valence-corrected chi connectivity index (χ4v) is 2.36. The number of hydrogen-bond acceptors (Lipinski definition) is 4. The van der Waals surface area contributed by atoms with E-state index >= 15 is 0 Å². The third kappa shape index (κ3) is 5.46. The van der Waals surface area contributed by atoms with Crippen molar-refractivity contribution in [3.05, 3.63) is 0 Å². The lowest BCUT2D eigenvalue weighted by Gasteiger charge is -2.22. The lowest BCUT2D eigenvalue weighted by Crippen LogP contribution is -2.48. The van der Waals surface area contributed by atoms with Crippen LogP contribution in [-0.2, 0) is 14.3 Å². The fourth-order valence-electron chi connectivity index (χ4n) is 2.36. The molecule has 1 aliphatic carbocycles. The van der Waals surface area contributed by atoms with E-state index in [-0.39, 0.29) is 13.2 Å². The van der Waals surface area contributed by atoms with Crippen LogP contribution < -0.4 is 10.6 Å². The van der Waals surface area contributed by atoms with Crippen molar-refractivity contribution < 1.29 is 24.2 Å². The molecule has 7 nitrogen and oxygen atoms in total. The molecule has 2 atom stereocenters. The molecular weight excluding hydrogens is 264 g/mol. The Morgan fingerprint density at radius 3 is 2.55 bits per heavy atom. The van der Waals surface area contributed by atoms with Gasteiger partial charge in [-0.3, -0.25) is 9.59 Å². The highest BCUT2D eigenvalue weighted by Crippen LogP contribution is 2.23. The minimum atomic E-state index is -0.886. The van der Waals surface area contributed by atoms with Crippen LogP contribution in [0.5, 0.6) is 0 Å². The molecule has 0 spiro atoms. The number of carboxylic acids is 1. The maximum absolute atomic E-state index is 11.7. The number of hydrogen-bond donors (Lipinski definition) is 3. The van der Waals surface area contributed by atoms with Crippen molar-refractivity contribution in [3.8, 4) is 0 Å². The van der Waals surface area contributed by atoms with E-state index in [1.165, 1.54) is 0 Å². The van der Waals surface area contributed by atoms with Gasteiger partial charge in [0.15, 0.2) is 0 Å². The number of amides is 2. The molecule has 7 heteroatoms. The molecule has 20 heavy (non-hydrogen) atoms. The van der Waals surface area contributed by atoms with Gasteiger partial charge < -0.3 is 20.5 Å². The van der Waals surface area contributed by atoms with E-state index in [0.717, 1.165) is 19.3 Å². The van der Waals surface area contributed by atoms with Crippen molar-refractivity contribution in [2.75, 3.05) is 13.2 Å². The van der Waals surface area contributed by atoms with E-state index in [9.17, 15) is 19.5 Å². The second-order valence-corrected chi connectivity index (χ2v) is 4.82. The fraction of sp³-hybridized carbons (Fsp3) is 0.769. The Labute approximate surface area is 118 Å². The number of carbonyl (C=O) groups excluding carboxylic acids is 2. The predicted molar refractivity (Wildman–Crippen MR) is 71.2 cm³/mol. The van der Waals surface area contributed by atoms with Crippen LogP contribution >= 0.6 is 0 Å². The topological polar surface area (TPSA) is 105 Å². The summed E-state index contributed by atoms with van der Waals surface area (Å²) in [7, 11) is 0. The van der Waals surface area contributed by atoms with Crippen LogP contribution in [0.3, 0.4) is 0 Å². The molecule has 2 unspecified atom stereocenters. The van der Waals surface area contributed by atoms with Crippen molar-refractivity contribution in [1.82, 2.24) is 10.6 Å². The van der Waals surface area contributed by atoms with Gasteiger partial charge in [-0.05, 0) is 19.8 Å². The zero-order chi connectivity index (χ0) is 15.0. The second-order valence-electron chi connectivity index (χ2n) is 4.82. The molecule has 1 saturated carbocycles. The third-order valence-corrected chi connectivity index (χ3v) is 3.35. The van der Waals surface area contributed by atoms with Gasteiger partial charge in [-0.1, -0.05) is 19.3 Å². The minimum Gasteiger partial charge on any atom is -0.481 e. The van der Waals surface area contributed by atoms with Crippen LogP contribution in [0.4, 0.5) is 4.79 Å². The van der Waals surface area contributed by atoms with Gasteiger partial charge in [0.2, 0.25) is 0 Å². The molecule has 0 aromatic rings. The molecule has 1 rings (SSSR count). The van der Waals surface area contributed by atoms with Crippen LogP contribution in [0.25, 0.3) is 0 Å². The molecule has 0 bridgehead atoms. The average molecular weight is 286 g/mol. The molecule has 0 aromatic carbocycles. The van der Waals surface area contributed by atoms with E-state index in [4.69, 9.17) is 0 Å². The molecule has 0 aromatic heterocycles. The van der Waals surface area contributed by atoms with Gasteiger partial charge >= 0.3 is 18.0 Å². The Morgan fingerprint density at radius 2 is 1.90 bits per heavy atom. The highest BCUT2D eigenvalue weighted by atomic mass is 16.5. The summed E-state index contributed by atoms with van der Waals surface area (Å²) in [5, 5.41) is 14.2. The maximum atomic E-state index is 11.7. The smallest absolute Gasteiger partial charge is 0.325 e. The van der Waals surface area contributed by atoms with Gasteiger partial charge in [0.05, 0.1) is 12.5 Å². The predicted octanol–water partition coefficient (Wildman–Crippen LogP) is 0.882. The van der Waals surface area contributed by atoms with Crippen LogP contribution in [0.2, 0.25) is 0 Å². The summed E-state index contributed by atoms with van der Waals surface area (Å²) in [5.74, 6) is -1.97. The summed E-state index contributed by atoms with van der Waals surface area (Å²) in [6.07, 6.45) is 3.94. The van der Waals surface area contributed by atoms with E-state index in [1.54, 1.807) is 6.92 Å². The average Bonchev–Trinajstić information content (AvgIpc) is 2.62. The van der Waals surface area contributed by atoms with E-state index in [2.05, 4.69) is 15.4 Å². The highest BCUT2D eigenvalue weighted by Gasteiger charge is 2.30. The zero-order valence-electron chi connectivity index (χ0n) is 11.7. The molecule has 0 radical (unpaired) electrons. The van der Waals surface area contributed by atoms with E-state index in [0.29, 0.717) is 12.8 Å². The second kappa shape index (κ2) is 8.39. The SMILES string of the molecule is CCOC(=O)CNC(=O)NC1CCCCCC1C(=O)O. The summed E-state index contributed by atoms with van der Waals surface area (Å²) in [6, 6.07) is -0.923. The van der Waals surface area contributed by atoms with Crippen LogP contribution in [-0.4, -0.2) is 42.3 Å². The number of ether oxygens (including phenoxy) is 1. The number of esters is 1. The number of carbonyl (C=O) groups is 3. The Bertz CT molecular complexity index is 359. The van der Waals surface area contributed by atoms with E-state index in [1.807, 2.05) is 0 Å². The van der Waals surface area contributed by atoms with Crippen molar-refractivity contribution in [2.45, 2.75) is 45.1 Å². The van der Waals surface area contributed by atoms with Gasteiger partial charge in [0, 0.05) is 6.04 Å². The Morgan fingerprint density at radius 1 is 1.20 bits per heavy atom. The molecule has 0 saturated heterocycles. The normalized spacial score (nSPS) is 22.4. The summed E-state index contributed by atoms with van der Waals surface area (Å²) in [6.45, 7) is 1.72. The van der Waals surface area contributed by atoms with Gasteiger partial charge in [-0.25, -0.2) is 4.79 Å². The molecule has 2 amide bonds. The number of nitrogens with one attached hydrogen (secondary N) is 2. The standard InChI is InChI=1S/C13H22N2O5/c1-2-20-11(16)8-14-13(19)15-10-7-5-3-4-6-9(10)12(17)18/h9-10H,2-8H2,1H3,(H,17,18)(H2,14,15,19). The summed E-state index contributed by atoms with van der Waals surface area (Å²) >= 11 is 0. The molecule has 0 heterocycles. The van der Waals surface area contributed by atoms with Gasteiger partial charge in [0.25, 0.3) is 0 Å².